The van der Waals surface area contributed by atoms with Crippen LogP contribution in [0.25, 0.3) is 0 Å². The Bertz CT molecular complexity index is 342. The van der Waals surface area contributed by atoms with Crippen LogP contribution >= 0.6 is 0 Å². The Morgan fingerprint density at radius 3 is 2.40 bits per heavy atom. The Hall–Kier alpha value is -0.610. The lowest BCUT2D eigenvalue weighted by Crippen LogP contribution is -2.52. The van der Waals surface area contributed by atoms with Crippen LogP contribution in [-0.2, 0) is 4.79 Å². The lowest BCUT2D eigenvalue weighted by atomic mass is 10.1. The van der Waals surface area contributed by atoms with E-state index in [1.807, 2.05) is 0 Å². The fourth-order valence-corrected chi connectivity index (χ4v) is 4.54. The maximum Gasteiger partial charge on any atom is 0.226 e. The molecular weight excluding hydrogens is 250 g/mol. The van der Waals surface area contributed by atoms with E-state index in [1.54, 1.807) is 0 Å². The van der Waals surface area contributed by atoms with E-state index in [0.29, 0.717) is 17.9 Å². The fourth-order valence-electron chi connectivity index (χ4n) is 4.54. The van der Waals surface area contributed by atoms with Gasteiger partial charge in [0.2, 0.25) is 5.91 Å². The molecule has 20 heavy (non-hydrogen) atoms. The summed E-state index contributed by atoms with van der Waals surface area (Å²) in [7, 11) is 0. The third kappa shape index (κ3) is 2.60. The summed E-state index contributed by atoms with van der Waals surface area (Å²) < 4.78 is 0. The summed E-state index contributed by atoms with van der Waals surface area (Å²) in [5.41, 5.74) is 5.70. The molecule has 2 saturated carbocycles. The minimum Gasteiger partial charge on any atom is -0.340 e. The van der Waals surface area contributed by atoms with Crippen molar-refractivity contribution in [1.82, 2.24) is 9.80 Å². The number of nitrogens with zero attached hydrogens (tertiary/aromatic N) is 2. The standard InChI is InChI=1S/C16H29N3O/c1-2-12(6-7-17)18-8-10-19(11-9-18)16(20)15-13-4-3-5-14(13)15/h12-15H,2-11,17H2,1H3. The molecule has 0 bridgehead atoms. The van der Waals surface area contributed by atoms with Crippen molar-refractivity contribution >= 4 is 5.91 Å². The molecule has 0 spiro atoms. The van der Waals surface area contributed by atoms with Crippen LogP contribution in [0, 0.1) is 17.8 Å². The normalized spacial score (nSPS) is 34.9. The SMILES string of the molecule is CCC(CCN)N1CCN(C(=O)C2C3CCCC32)CC1. The largest absolute Gasteiger partial charge is 0.340 e. The molecule has 4 nitrogen and oxygen atoms in total. The van der Waals surface area contributed by atoms with Crippen molar-refractivity contribution in [2.75, 3.05) is 32.7 Å². The predicted molar refractivity (Wildman–Crippen MR) is 80.2 cm³/mol. The highest BCUT2D eigenvalue weighted by Crippen LogP contribution is 2.58. The van der Waals surface area contributed by atoms with Crippen LogP contribution in [-0.4, -0.2) is 54.5 Å². The first kappa shape index (κ1) is 14.3. The van der Waals surface area contributed by atoms with Crippen molar-refractivity contribution in [3.63, 3.8) is 0 Å². The zero-order valence-electron chi connectivity index (χ0n) is 12.8. The van der Waals surface area contributed by atoms with Crippen LogP contribution in [0.1, 0.15) is 39.0 Å². The molecule has 1 heterocycles. The van der Waals surface area contributed by atoms with Gasteiger partial charge >= 0.3 is 0 Å². The molecule has 4 heteroatoms. The van der Waals surface area contributed by atoms with Crippen molar-refractivity contribution in [2.24, 2.45) is 23.5 Å². The van der Waals surface area contributed by atoms with Gasteiger partial charge in [0.1, 0.15) is 0 Å². The molecule has 1 aliphatic heterocycles. The van der Waals surface area contributed by atoms with Gasteiger partial charge in [-0.3, -0.25) is 9.69 Å². The van der Waals surface area contributed by atoms with Crippen LogP contribution in [0.2, 0.25) is 0 Å². The van der Waals surface area contributed by atoms with Crippen molar-refractivity contribution in [3.8, 4) is 0 Å². The Morgan fingerprint density at radius 2 is 1.85 bits per heavy atom. The van der Waals surface area contributed by atoms with E-state index < -0.39 is 0 Å². The Morgan fingerprint density at radius 1 is 1.20 bits per heavy atom. The molecule has 0 aromatic rings. The molecule has 3 aliphatic rings. The number of amides is 1. The minimum absolute atomic E-state index is 0.404. The summed E-state index contributed by atoms with van der Waals surface area (Å²) in [4.78, 5) is 17.2. The summed E-state index contributed by atoms with van der Waals surface area (Å²) in [6, 6.07) is 0.609. The molecule has 3 fully saturated rings. The Labute approximate surface area is 122 Å². The minimum atomic E-state index is 0.404. The monoisotopic (exact) mass is 279 g/mol. The second-order valence-electron chi connectivity index (χ2n) is 6.79. The lowest BCUT2D eigenvalue weighted by Gasteiger charge is -2.39. The molecule has 0 radical (unpaired) electrons. The number of rotatable bonds is 5. The van der Waals surface area contributed by atoms with Gasteiger partial charge in [-0.15, -0.1) is 0 Å². The first-order valence-corrected chi connectivity index (χ1v) is 8.49. The van der Waals surface area contributed by atoms with E-state index >= 15 is 0 Å². The average Bonchev–Trinajstić information content (AvgIpc) is 2.96. The van der Waals surface area contributed by atoms with Gasteiger partial charge in [0.15, 0.2) is 0 Å². The maximum atomic E-state index is 12.5. The van der Waals surface area contributed by atoms with Crippen LogP contribution < -0.4 is 5.73 Å². The van der Waals surface area contributed by atoms with E-state index in [-0.39, 0.29) is 0 Å². The third-order valence-electron chi connectivity index (χ3n) is 5.81. The molecule has 0 aromatic carbocycles. The molecule has 0 aromatic heterocycles. The number of carbonyl (C=O) groups is 1. The van der Waals surface area contributed by atoms with Gasteiger partial charge in [-0.2, -0.15) is 0 Å². The summed E-state index contributed by atoms with van der Waals surface area (Å²) in [5.74, 6) is 2.37. The van der Waals surface area contributed by atoms with E-state index in [9.17, 15) is 4.79 Å². The van der Waals surface area contributed by atoms with Gasteiger partial charge in [0.25, 0.3) is 0 Å². The molecular formula is C16H29N3O. The zero-order chi connectivity index (χ0) is 14.1. The first-order valence-electron chi connectivity index (χ1n) is 8.49. The maximum absolute atomic E-state index is 12.5. The van der Waals surface area contributed by atoms with Gasteiger partial charge in [0.05, 0.1) is 0 Å². The number of fused-ring (bicyclic) bond motifs is 1. The summed E-state index contributed by atoms with van der Waals surface area (Å²) in [6.07, 6.45) is 6.20. The summed E-state index contributed by atoms with van der Waals surface area (Å²) >= 11 is 0. The van der Waals surface area contributed by atoms with Gasteiger partial charge in [-0.05, 0) is 44.1 Å². The molecule has 2 N–H and O–H groups in total. The number of piperazine rings is 1. The lowest BCUT2D eigenvalue weighted by molar-refractivity contribution is -0.135. The molecule has 3 atom stereocenters. The van der Waals surface area contributed by atoms with Gasteiger partial charge in [-0.1, -0.05) is 13.3 Å². The van der Waals surface area contributed by atoms with E-state index in [1.165, 1.54) is 19.3 Å². The molecule has 2 aliphatic carbocycles. The van der Waals surface area contributed by atoms with E-state index in [0.717, 1.165) is 57.4 Å². The van der Waals surface area contributed by atoms with E-state index in [4.69, 9.17) is 5.73 Å². The molecule has 114 valence electrons. The highest BCUT2D eigenvalue weighted by Gasteiger charge is 2.57. The number of carbonyl (C=O) groups excluding carboxylic acids is 1. The molecule has 1 saturated heterocycles. The molecule has 3 rings (SSSR count). The van der Waals surface area contributed by atoms with Crippen molar-refractivity contribution in [3.05, 3.63) is 0 Å². The van der Waals surface area contributed by atoms with Crippen molar-refractivity contribution in [1.29, 1.82) is 0 Å². The second-order valence-corrected chi connectivity index (χ2v) is 6.79. The highest BCUT2D eigenvalue weighted by atomic mass is 16.2. The molecule has 1 amide bonds. The average molecular weight is 279 g/mol. The highest BCUT2D eigenvalue weighted by molar-refractivity contribution is 5.82. The van der Waals surface area contributed by atoms with Crippen LogP contribution in [0.15, 0.2) is 0 Å². The number of hydrogen-bond donors (Lipinski definition) is 1. The van der Waals surface area contributed by atoms with Gasteiger partial charge < -0.3 is 10.6 Å². The van der Waals surface area contributed by atoms with Crippen molar-refractivity contribution < 1.29 is 4.79 Å². The molecule has 3 unspecified atom stereocenters. The Balaban J connectivity index is 1.47. The zero-order valence-corrected chi connectivity index (χ0v) is 12.8. The number of hydrogen-bond acceptors (Lipinski definition) is 3. The summed E-state index contributed by atoms with van der Waals surface area (Å²) in [6.45, 7) is 6.93. The van der Waals surface area contributed by atoms with Crippen LogP contribution in [0.4, 0.5) is 0 Å². The Kier molecular flexibility index (Phi) is 4.32. The topological polar surface area (TPSA) is 49.6 Å². The quantitative estimate of drug-likeness (QED) is 0.825. The van der Waals surface area contributed by atoms with Crippen LogP contribution in [0.5, 0.6) is 0 Å². The van der Waals surface area contributed by atoms with Crippen LogP contribution in [0.3, 0.4) is 0 Å². The van der Waals surface area contributed by atoms with Gasteiger partial charge in [0, 0.05) is 38.1 Å². The fraction of sp³-hybridized carbons (Fsp3) is 0.938. The third-order valence-corrected chi connectivity index (χ3v) is 5.81. The first-order chi connectivity index (χ1) is 9.76. The van der Waals surface area contributed by atoms with E-state index in [2.05, 4.69) is 16.7 Å². The summed E-state index contributed by atoms with van der Waals surface area (Å²) in [5, 5.41) is 0. The number of nitrogens with two attached hydrogens (primary N) is 1. The predicted octanol–water partition coefficient (Wildman–Crippen LogP) is 1.30. The van der Waals surface area contributed by atoms with Crippen molar-refractivity contribution in [2.45, 2.75) is 45.1 Å². The smallest absolute Gasteiger partial charge is 0.226 e. The second kappa shape index (κ2) is 6.02. The van der Waals surface area contributed by atoms with Gasteiger partial charge in [-0.25, -0.2) is 0 Å².